The molecule has 0 saturated heterocycles. The number of nitro groups is 1. The lowest BCUT2D eigenvalue weighted by atomic mass is 10.1. The zero-order valence-electron chi connectivity index (χ0n) is 12.7. The van der Waals surface area contributed by atoms with Crippen LogP contribution in [0.1, 0.15) is 0 Å². The van der Waals surface area contributed by atoms with Crippen LogP contribution in [0.4, 0.5) is 10.2 Å². The predicted molar refractivity (Wildman–Crippen MR) is 88.3 cm³/mol. The molecule has 0 saturated carbocycles. The van der Waals surface area contributed by atoms with Crippen LogP contribution in [0.5, 0.6) is 0 Å². The van der Waals surface area contributed by atoms with Crippen molar-refractivity contribution in [3.05, 3.63) is 76.9 Å². The summed E-state index contributed by atoms with van der Waals surface area (Å²) in [5, 5.41) is 15.6. The van der Waals surface area contributed by atoms with Gasteiger partial charge in [0, 0.05) is 5.56 Å². The summed E-state index contributed by atoms with van der Waals surface area (Å²) in [7, 11) is 0. The molecule has 4 rings (SSSR count). The van der Waals surface area contributed by atoms with E-state index < -0.39 is 4.92 Å². The van der Waals surface area contributed by atoms with Crippen molar-refractivity contribution in [3.63, 3.8) is 0 Å². The quantitative estimate of drug-likeness (QED) is 0.422. The molecule has 4 aromatic rings. The minimum Gasteiger partial charge on any atom is -0.358 e. The van der Waals surface area contributed by atoms with E-state index in [-0.39, 0.29) is 11.6 Å². The van der Waals surface area contributed by atoms with Crippen LogP contribution in [0.25, 0.3) is 28.2 Å². The van der Waals surface area contributed by atoms with Crippen molar-refractivity contribution in [3.8, 4) is 22.5 Å². The first-order chi connectivity index (χ1) is 12.1. The second kappa shape index (κ2) is 5.75. The van der Waals surface area contributed by atoms with Gasteiger partial charge in [-0.2, -0.15) is 5.10 Å². The van der Waals surface area contributed by atoms with E-state index in [0.717, 1.165) is 5.56 Å². The van der Waals surface area contributed by atoms with Crippen LogP contribution >= 0.6 is 0 Å². The second-order valence-electron chi connectivity index (χ2n) is 5.29. The van der Waals surface area contributed by atoms with Gasteiger partial charge in [0.2, 0.25) is 0 Å². The van der Waals surface area contributed by atoms with Crippen molar-refractivity contribution in [1.29, 1.82) is 0 Å². The normalized spacial score (nSPS) is 10.9. The SMILES string of the molecule is O=[N+]([O-])c1ncccc1-c1cn2nc(-c3ccc(F)cc3)ccc2n1. The van der Waals surface area contributed by atoms with Crippen LogP contribution in [0.2, 0.25) is 0 Å². The van der Waals surface area contributed by atoms with Gasteiger partial charge in [-0.1, -0.05) is 0 Å². The maximum absolute atomic E-state index is 13.1. The minimum atomic E-state index is -0.545. The van der Waals surface area contributed by atoms with Gasteiger partial charge in [0.15, 0.2) is 5.65 Å². The van der Waals surface area contributed by atoms with Crippen LogP contribution in [0.3, 0.4) is 0 Å². The van der Waals surface area contributed by atoms with E-state index in [1.54, 1.807) is 42.6 Å². The summed E-state index contributed by atoms with van der Waals surface area (Å²) in [6.45, 7) is 0. The second-order valence-corrected chi connectivity index (χ2v) is 5.29. The largest absolute Gasteiger partial charge is 0.372 e. The number of hydrogen-bond acceptors (Lipinski definition) is 5. The van der Waals surface area contributed by atoms with E-state index in [1.807, 2.05) is 0 Å². The Morgan fingerprint density at radius 2 is 1.84 bits per heavy atom. The van der Waals surface area contributed by atoms with Gasteiger partial charge in [-0.3, -0.25) is 0 Å². The van der Waals surface area contributed by atoms with Gasteiger partial charge in [-0.25, -0.2) is 13.9 Å². The first kappa shape index (κ1) is 14.9. The van der Waals surface area contributed by atoms with Gasteiger partial charge < -0.3 is 10.1 Å². The van der Waals surface area contributed by atoms with Crippen LogP contribution in [-0.2, 0) is 0 Å². The van der Waals surface area contributed by atoms with E-state index in [4.69, 9.17) is 0 Å². The average molecular weight is 335 g/mol. The Hall–Kier alpha value is -3.68. The van der Waals surface area contributed by atoms with E-state index in [1.165, 1.54) is 22.8 Å². The fraction of sp³-hybridized carbons (Fsp3) is 0. The van der Waals surface area contributed by atoms with E-state index in [9.17, 15) is 14.5 Å². The van der Waals surface area contributed by atoms with Crippen molar-refractivity contribution < 1.29 is 9.31 Å². The van der Waals surface area contributed by atoms with Crippen molar-refractivity contribution in [2.24, 2.45) is 0 Å². The summed E-state index contributed by atoms with van der Waals surface area (Å²) in [6.07, 6.45) is 2.97. The molecule has 122 valence electrons. The number of benzene rings is 1. The molecule has 0 radical (unpaired) electrons. The van der Waals surface area contributed by atoms with Gasteiger partial charge in [0.25, 0.3) is 0 Å². The molecule has 3 heterocycles. The number of halogens is 1. The Morgan fingerprint density at radius 3 is 2.60 bits per heavy atom. The molecular weight excluding hydrogens is 325 g/mol. The molecule has 25 heavy (non-hydrogen) atoms. The highest BCUT2D eigenvalue weighted by Crippen LogP contribution is 2.27. The highest BCUT2D eigenvalue weighted by Gasteiger charge is 2.18. The first-order valence-electron chi connectivity index (χ1n) is 7.34. The topological polar surface area (TPSA) is 86.2 Å². The lowest BCUT2D eigenvalue weighted by molar-refractivity contribution is -0.388. The maximum Gasteiger partial charge on any atom is 0.372 e. The lowest BCUT2D eigenvalue weighted by Crippen LogP contribution is -1.94. The third-order valence-electron chi connectivity index (χ3n) is 3.70. The number of fused-ring (bicyclic) bond motifs is 1. The van der Waals surface area contributed by atoms with Crippen molar-refractivity contribution in [1.82, 2.24) is 19.6 Å². The Bertz CT molecular complexity index is 1090. The fourth-order valence-corrected chi connectivity index (χ4v) is 2.53. The van der Waals surface area contributed by atoms with Crippen LogP contribution in [-0.4, -0.2) is 24.5 Å². The molecule has 1 aromatic carbocycles. The number of nitrogens with zero attached hydrogens (tertiary/aromatic N) is 5. The molecule has 0 aliphatic heterocycles. The zero-order valence-corrected chi connectivity index (χ0v) is 12.7. The monoisotopic (exact) mass is 335 g/mol. The maximum atomic E-state index is 13.1. The summed E-state index contributed by atoms with van der Waals surface area (Å²) in [4.78, 5) is 18.8. The van der Waals surface area contributed by atoms with Crippen molar-refractivity contribution in [2.75, 3.05) is 0 Å². The van der Waals surface area contributed by atoms with E-state index >= 15 is 0 Å². The average Bonchev–Trinajstić information content (AvgIpc) is 3.05. The number of aromatic nitrogens is 4. The summed E-state index contributed by atoms with van der Waals surface area (Å²) in [5.74, 6) is -0.580. The Morgan fingerprint density at radius 1 is 1.04 bits per heavy atom. The van der Waals surface area contributed by atoms with Crippen LogP contribution in [0, 0.1) is 15.9 Å². The molecular formula is C17H10FN5O2. The third kappa shape index (κ3) is 2.69. The molecule has 8 heteroatoms. The Labute approximate surface area is 140 Å². The summed E-state index contributed by atoms with van der Waals surface area (Å²) >= 11 is 0. The van der Waals surface area contributed by atoms with Crippen molar-refractivity contribution in [2.45, 2.75) is 0 Å². The minimum absolute atomic E-state index is 0.260. The van der Waals surface area contributed by atoms with E-state index in [0.29, 0.717) is 22.6 Å². The Kier molecular flexibility index (Phi) is 3.42. The molecule has 7 nitrogen and oxygen atoms in total. The van der Waals surface area contributed by atoms with Gasteiger partial charge >= 0.3 is 5.82 Å². The molecule has 0 fully saturated rings. The molecule has 0 spiro atoms. The van der Waals surface area contributed by atoms with Crippen LogP contribution in [0.15, 0.2) is 60.9 Å². The predicted octanol–water partition coefficient (Wildman–Crippen LogP) is 3.51. The summed E-state index contributed by atoms with van der Waals surface area (Å²) in [5.41, 5.74) is 2.66. The van der Waals surface area contributed by atoms with Gasteiger partial charge in [0.05, 0.1) is 23.1 Å². The Balaban J connectivity index is 1.81. The number of hydrogen-bond donors (Lipinski definition) is 0. The first-order valence-corrected chi connectivity index (χ1v) is 7.34. The zero-order chi connectivity index (χ0) is 17.4. The standard InChI is InChI=1S/C17H10FN5O2/c18-12-5-3-11(4-6-12)14-7-8-16-20-15(10-22(16)21-14)13-2-1-9-19-17(13)23(24)25/h1-10H. The molecule has 3 aromatic heterocycles. The number of imidazole rings is 1. The van der Waals surface area contributed by atoms with Gasteiger partial charge in [0.1, 0.15) is 12.0 Å². The third-order valence-corrected chi connectivity index (χ3v) is 3.70. The smallest absolute Gasteiger partial charge is 0.358 e. The molecule has 0 atom stereocenters. The lowest BCUT2D eigenvalue weighted by Gasteiger charge is -2.01. The van der Waals surface area contributed by atoms with E-state index in [2.05, 4.69) is 15.1 Å². The molecule has 0 aliphatic carbocycles. The number of pyridine rings is 1. The highest BCUT2D eigenvalue weighted by atomic mass is 19.1. The molecule has 0 N–H and O–H groups in total. The molecule has 0 bridgehead atoms. The highest BCUT2D eigenvalue weighted by molar-refractivity contribution is 5.70. The molecule has 0 unspecified atom stereocenters. The fourth-order valence-electron chi connectivity index (χ4n) is 2.53. The van der Waals surface area contributed by atoms with Crippen LogP contribution < -0.4 is 0 Å². The van der Waals surface area contributed by atoms with Gasteiger partial charge in [-0.15, -0.1) is 0 Å². The summed E-state index contributed by atoms with van der Waals surface area (Å²) in [6, 6.07) is 12.7. The van der Waals surface area contributed by atoms with Gasteiger partial charge in [-0.05, 0) is 58.4 Å². The summed E-state index contributed by atoms with van der Waals surface area (Å²) < 4.78 is 14.6. The molecule has 0 aliphatic rings. The number of rotatable bonds is 3. The molecule has 0 amide bonds. The van der Waals surface area contributed by atoms with Crippen molar-refractivity contribution >= 4 is 11.5 Å².